The summed E-state index contributed by atoms with van der Waals surface area (Å²) >= 11 is 0. The Balaban J connectivity index is 3.18. The lowest BCUT2D eigenvalue weighted by molar-refractivity contribution is -0.289. The lowest BCUT2D eigenvalue weighted by Crippen LogP contribution is -2.63. The molecule has 2 N–H and O–H groups in total. The molecule has 124 valence electrons. The van der Waals surface area contributed by atoms with Crippen LogP contribution in [0.1, 0.15) is 20.8 Å². The van der Waals surface area contributed by atoms with E-state index >= 15 is 0 Å². The van der Waals surface area contributed by atoms with Crippen molar-refractivity contribution in [3.63, 3.8) is 0 Å². The highest BCUT2D eigenvalue weighted by Gasteiger charge is 2.53. The van der Waals surface area contributed by atoms with Crippen molar-refractivity contribution in [1.29, 1.82) is 0 Å². The van der Waals surface area contributed by atoms with E-state index in [1.165, 1.54) is 0 Å². The van der Waals surface area contributed by atoms with Crippen LogP contribution in [0.3, 0.4) is 0 Å². The maximum atomic E-state index is 11.2. The molecular formula is C12H16O10. The largest absolute Gasteiger partial charge is 0.479 e. The molecule has 10 heteroatoms. The molecule has 0 saturated carbocycles. The third-order valence-corrected chi connectivity index (χ3v) is 2.66. The Bertz CT molecular complexity index is 473. The van der Waals surface area contributed by atoms with Crippen LogP contribution in [0.2, 0.25) is 0 Å². The predicted octanol–water partition coefficient (Wildman–Crippen LogP) is -1.42. The van der Waals surface area contributed by atoms with Gasteiger partial charge in [0.05, 0.1) is 0 Å². The van der Waals surface area contributed by atoms with Crippen molar-refractivity contribution in [1.82, 2.24) is 0 Å². The van der Waals surface area contributed by atoms with Crippen molar-refractivity contribution in [2.24, 2.45) is 0 Å². The summed E-state index contributed by atoms with van der Waals surface area (Å²) in [4.78, 5) is 44.6. The molecule has 1 heterocycles. The first-order valence-corrected chi connectivity index (χ1v) is 6.21. The molecule has 0 aromatic carbocycles. The summed E-state index contributed by atoms with van der Waals surface area (Å²) in [7, 11) is 0. The van der Waals surface area contributed by atoms with E-state index in [4.69, 9.17) is 24.1 Å². The van der Waals surface area contributed by atoms with Crippen LogP contribution in [0.5, 0.6) is 0 Å². The Morgan fingerprint density at radius 3 is 1.64 bits per heavy atom. The predicted molar refractivity (Wildman–Crippen MR) is 65.2 cm³/mol. The number of carbonyl (C=O) groups is 4. The SMILES string of the molecule is CC(=O)OC1C(OC(C)=O)[C@H](O)OC(C(=O)O)[C@H]1OC(C)=O. The number of hydrogen-bond donors (Lipinski definition) is 2. The first kappa shape index (κ1) is 17.9. The van der Waals surface area contributed by atoms with Crippen LogP contribution in [-0.4, -0.2) is 64.8 Å². The fourth-order valence-electron chi connectivity index (χ4n) is 1.99. The zero-order valence-corrected chi connectivity index (χ0v) is 12.0. The van der Waals surface area contributed by atoms with Crippen LogP contribution < -0.4 is 0 Å². The summed E-state index contributed by atoms with van der Waals surface area (Å²) in [6, 6.07) is 0. The molecule has 22 heavy (non-hydrogen) atoms. The Labute approximate surface area is 124 Å². The highest BCUT2D eigenvalue weighted by molar-refractivity contribution is 5.75. The van der Waals surface area contributed by atoms with Crippen LogP contribution in [0.25, 0.3) is 0 Å². The number of carboxylic acids is 1. The number of aliphatic carboxylic acids is 1. The average Bonchev–Trinajstić information content (AvgIpc) is 2.34. The lowest BCUT2D eigenvalue weighted by Gasteiger charge is -2.41. The van der Waals surface area contributed by atoms with E-state index in [9.17, 15) is 24.3 Å². The number of aliphatic hydroxyl groups excluding tert-OH is 1. The van der Waals surface area contributed by atoms with Crippen LogP contribution >= 0.6 is 0 Å². The van der Waals surface area contributed by atoms with Gasteiger partial charge in [-0.25, -0.2) is 4.79 Å². The molecule has 1 saturated heterocycles. The zero-order chi connectivity index (χ0) is 17.0. The molecule has 3 unspecified atom stereocenters. The van der Waals surface area contributed by atoms with E-state index in [1.54, 1.807) is 0 Å². The maximum Gasteiger partial charge on any atom is 0.337 e. The Hall–Kier alpha value is -2.20. The minimum atomic E-state index is -1.87. The quantitative estimate of drug-likeness (QED) is 0.467. The van der Waals surface area contributed by atoms with Crippen molar-refractivity contribution >= 4 is 23.9 Å². The summed E-state index contributed by atoms with van der Waals surface area (Å²) in [5, 5.41) is 18.9. The minimum Gasteiger partial charge on any atom is -0.479 e. The highest BCUT2D eigenvalue weighted by atomic mass is 16.7. The van der Waals surface area contributed by atoms with Gasteiger partial charge in [-0.05, 0) is 0 Å². The molecule has 0 aliphatic carbocycles. The Morgan fingerprint density at radius 2 is 1.23 bits per heavy atom. The van der Waals surface area contributed by atoms with Gasteiger partial charge in [0.25, 0.3) is 0 Å². The second kappa shape index (κ2) is 7.18. The van der Waals surface area contributed by atoms with E-state index in [0.29, 0.717) is 0 Å². The van der Waals surface area contributed by atoms with Crippen molar-refractivity contribution in [3.05, 3.63) is 0 Å². The van der Waals surface area contributed by atoms with Crippen LogP contribution in [0.4, 0.5) is 0 Å². The second-order valence-corrected chi connectivity index (χ2v) is 4.51. The van der Waals surface area contributed by atoms with Crippen LogP contribution in [-0.2, 0) is 38.1 Å². The monoisotopic (exact) mass is 320 g/mol. The van der Waals surface area contributed by atoms with Gasteiger partial charge >= 0.3 is 23.9 Å². The first-order valence-electron chi connectivity index (χ1n) is 6.21. The standard InChI is InChI=1S/C12H16O10/c1-4(13)19-7-8(20-5(2)14)10(21-6(3)15)12(18)22-9(7)11(16)17/h7-10,12,18H,1-3H3,(H,16,17)/t7-,8?,9?,10?,12+/m0/s1. The Morgan fingerprint density at radius 1 is 0.818 bits per heavy atom. The Kier molecular flexibility index (Phi) is 5.83. The van der Waals surface area contributed by atoms with Gasteiger partial charge in [-0.2, -0.15) is 0 Å². The van der Waals surface area contributed by atoms with Crippen molar-refractivity contribution in [2.45, 2.75) is 51.5 Å². The summed E-state index contributed by atoms with van der Waals surface area (Å²) in [6.45, 7) is 3.06. The second-order valence-electron chi connectivity index (χ2n) is 4.51. The van der Waals surface area contributed by atoms with Gasteiger partial charge in [0.2, 0.25) is 0 Å². The fourth-order valence-corrected chi connectivity index (χ4v) is 1.99. The van der Waals surface area contributed by atoms with E-state index in [1.807, 2.05) is 0 Å². The number of aliphatic hydroxyl groups is 1. The number of esters is 3. The van der Waals surface area contributed by atoms with Gasteiger partial charge in [-0.3, -0.25) is 14.4 Å². The van der Waals surface area contributed by atoms with Crippen molar-refractivity contribution in [2.75, 3.05) is 0 Å². The molecule has 1 aliphatic heterocycles. The van der Waals surface area contributed by atoms with Gasteiger partial charge in [0.15, 0.2) is 30.7 Å². The molecule has 0 aromatic rings. The van der Waals surface area contributed by atoms with Crippen molar-refractivity contribution < 1.29 is 48.3 Å². The molecule has 0 aromatic heterocycles. The number of ether oxygens (including phenoxy) is 4. The van der Waals surface area contributed by atoms with Gasteiger partial charge in [-0.15, -0.1) is 0 Å². The normalized spacial score (nSPS) is 31.0. The molecule has 0 bridgehead atoms. The molecule has 0 amide bonds. The topological polar surface area (TPSA) is 146 Å². The fraction of sp³-hybridized carbons (Fsp3) is 0.667. The third-order valence-electron chi connectivity index (χ3n) is 2.66. The van der Waals surface area contributed by atoms with Crippen LogP contribution in [0, 0.1) is 0 Å². The highest BCUT2D eigenvalue weighted by Crippen LogP contribution is 2.27. The number of hydrogen-bond acceptors (Lipinski definition) is 9. The van der Waals surface area contributed by atoms with Gasteiger partial charge in [-0.1, -0.05) is 0 Å². The summed E-state index contributed by atoms with van der Waals surface area (Å²) in [6.07, 6.45) is -8.33. The van der Waals surface area contributed by atoms with Gasteiger partial charge in [0.1, 0.15) is 0 Å². The smallest absolute Gasteiger partial charge is 0.337 e. The van der Waals surface area contributed by atoms with E-state index in [0.717, 1.165) is 20.8 Å². The number of rotatable bonds is 4. The van der Waals surface area contributed by atoms with E-state index in [-0.39, 0.29) is 0 Å². The van der Waals surface area contributed by atoms with E-state index in [2.05, 4.69) is 0 Å². The van der Waals surface area contributed by atoms with Crippen LogP contribution in [0.15, 0.2) is 0 Å². The molecule has 0 spiro atoms. The average molecular weight is 320 g/mol. The molecular weight excluding hydrogens is 304 g/mol. The molecule has 0 radical (unpaired) electrons. The molecule has 5 atom stereocenters. The molecule has 10 nitrogen and oxygen atoms in total. The number of carboxylic acid groups (broad SMARTS) is 1. The van der Waals surface area contributed by atoms with E-state index < -0.39 is 54.6 Å². The lowest BCUT2D eigenvalue weighted by atomic mass is 9.98. The molecule has 1 aliphatic rings. The molecule has 1 fully saturated rings. The summed E-state index contributed by atoms with van der Waals surface area (Å²) < 4.78 is 19.3. The number of carbonyl (C=O) groups excluding carboxylic acids is 3. The zero-order valence-electron chi connectivity index (χ0n) is 12.0. The van der Waals surface area contributed by atoms with Gasteiger partial charge < -0.3 is 29.2 Å². The minimum absolute atomic E-state index is 0.833. The summed E-state index contributed by atoms with van der Waals surface area (Å²) in [5.74, 6) is -4.10. The van der Waals surface area contributed by atoms with Gasteiger partial charge in [0, 0.05) is 20.8 Å². The summed E-state index contributed by atoms with van der Waals surface area (Å²) in [5.41, 5.74) is 0. The molecule has 1 rings (SSSR count). The first-order chi connectivity index (χ1) is 10.1. The van der Waals surface area contributed by atoms with Crippen molar-refractivity contribution in [3.8, 4) is 0 Å². The third kappa shape index (κ3) is 4.40. The maximum absolute atomic E-state index is 11.2.